The van der Waals surface area contributed by atoms with E-state index in [1.54, 1.807) is 18.2 Å². The first kappa shape index (κ1) is 11.0. The molecular weight excluding hydrogens is 228 g/mol. The molecule has 1 aliphatic rings. The van der Waals surface area contributed by atoms with Crippen molar-refractivity contribution in [2.75, 3.05) is 0 Å². The number of hydrogen-bond acceptors (Lipinski definition) is 3. The van der Waals surface area contributed by atoms with Crippen LogP contribution in [0.3, 0.4) is 0 Å². The van der Waals surface area contributed by atoms with Gasteiger partial charge in [-0.25, -0.2) is 0 Å². The van der Waals surface area contributed by atoms with Crippen LogP contribution in [0, 0.1) is 0 Å². The van der Waals surface area contributed by atoms with Crippen molar-refractivity contribution in [3.63, 3.8) is 0 Å². The van der Waals surface area contributed by atoms with Crippen molar-refractivity contribution < 1.29 is 14.9 Å². The average Bonchev–Trinajstić information content (AvgIpc) is 2.35. The van der Waals surface area contributed by atoms with E-state index < -0.39 is 5.60 Å². The van der Waals surface area contributed by atoms with Crippen LogP contribution in [-0.2, 0) is 0 Å². The van der Waals surface area contributed by atoms with E-state index in [9.17, 15) is 10.2 Å². The lowest BCUT2D eigenvalue weighted by Gasteiger charge is -2.29. The van der Waals surface area contributed by atoms with Gasteiger partial charge in [0.05, 0.1) is 5.56 Å². The van der Waals surface area contributed by atoms with Gasteiger partial charge in [0, 0.05) is 10.8 Å². The summed E-state index contributed by atoms with van der Waals surface area (Å²) in [5.74, 6) is 0.569. The monoisotopic (exact) mass is 242 g/mol. The molecule has 2 aromatic rings. The molecule has 2 aromatic carbocycles. The number of aromatic hydroxyl groups is 2. The van der Waals surface area contributed by atoms with E-state index in [1.807, 2.05) is 32.1 Å². The van der Waals surface area contributed by atoms with Gasteiger partial charge < -0.3 is 14.9 Å². The number of ether oxygens (including phenoxy) is 1. The zero-order chi connectivity index (χ0) is 12.9. The predicted octanol–water partition coefficient (Wildman–Crippen LogP) is 3.44. The third-order valence-corrected chi connectivity index (χ3v) is 3.17. The molecule has 0 bridgehead atoms. The van der Waals surface area contributed by atoms with Crippen molar-refractivity contribution in [2.45, 2.75) is 19.4 Å². The van der Waals surface area contributed by atoms with Crippen LogP contribution in [0.5, 0.6) is 17.2 Å². The predicted molar refractivity (Wildman–Crippen MR) is 71.0 cm³/mol. The normalized spacial score (nSPS) is 16.3. The number of benzene rings is 2. The Morgan fingerprint density at radius 3 is 2.28 bits per heavy atom. The molecular formula is C15H14O3. The largest absolute Gasteiger partial charge is 0.507 e. The zero-order valence-corrected chi connectivity index (χ0v) is 10.3. The lowest BCUT2D eigenvalue weighted by molar-refractivity contribution is 0.152. The number of phenolic OH excluding ortho intramolecular Hbond substituents is 2. The van der Waals surface area contributed by atoms with E-state index in [1.165, 1.54) is 0 Å². The Morgan fingerprint density at radius 2 is 1.61 bits per heavy atom. The van der Waals surface area contributed by atoms with Crippen molar-refractivity contribution in [3.05, 3.63) is 35.9 Å². The lowest BCUT2D eigenvalue weighted by atomic mass is 9.97. The lowest BCUT2D eigenvalue weighted by Crippen LogP contribution is -2.27. The molecule has 1 heterocycles. The van der Waals surface area contributed by atoms with Gasteiger partial charge in [0.1, 0.15) is 11.4 Å². The van der Waals surface area contributed by atoms with Gasteiger partial charge in [-0.3, -0.25) is 0 Å². The van der Waals surface area contributed by atoms with Gasteiger partial charge in [-0.05, 0) is 26.0 Å². The fourth-order valence-electron chi connectivity index (χ4n) is 2.24. The van der Waals surface area contributed by atoms with Crippen LogP contribution in [0.1, 0.15) is 19.4 Å². The summed E-state index contributed by atoms with van der Waals surface area (Å²) in [4.78, 5) is 0. The Bertz CT molecular complexity index is 669. The van der Waals surface area contributed by atoms with Gasteiger partial charge in [0.15, 0.2) is 11.5 Å². The molecule has 92 valence electrons. The van der Waals surface area contributed by atoms with Crippen molar-refractivity contribution in [1.82, 2.24) is 0 Å². The molecule has 2 N–H and O–H groups in total. The minimum absolute atomic E-state index is 0.0795. The van der Waals surface area contributed by atoms with Crippen molar-refractivity contribution in [2.24, 2.45) is 0 Å². The van der Waals surface area contributed by atoms with E-state index in [2.05, 4.69) is 0 Å². The molecule has 0 spiro atoms. The fourth-order valence-corrected chi connectivity index (χ4v) is 2.24. The summed E-state index contributed by atoms with van der Waals surface area (Å²) in [5, 5.41) is 21.8. The smallest absolute Gasteiger partial charge is 0.173 e. The van der Waals surface area contributed by atoms with Crippen LogP contribution in [0.25, 0.3) is 16.8 Å². The maximum absolute atomic E-state index is 10.3. The summed E-state index contributed by atoms with van der Waals surface area (Å²) >= 11 is 0. The minimum Gasteiger partial charge on any atom is -0.507 e. The van der Waals surface area contributed by atoms with Crippen LogP contribution >= 0.6 is 0 Å². The summed E-state index contributed by atoms with van der Waals surface area (Å²) in [7, 11) is 0. The summed E-state index contributed by atoms with van der Waals surface area (Å²) in [6, 6.07) is 7.18. The maximum atomic E-state index is 10.3. The van der Waals surface area contributed by atoms with Gasteiger partial charge >= 0.3 is 0 Å². The molecule has 0 aromatic heterocycles. The second-order valence-corrected chi connectivity index (χ2v) is 5.02. The molecule has 1 aliphatic heterocycles. The quantitative estimate of drug-likeness (QED) is 0.696. The Balaban J connectivity index is 2.41. The first-order valence-corrected chi connectivity index (χ1v) is 5.84. The third kappa shape index (κ3) is 1.44. The zero-order valence-electron chi connectivity index (χ0n) is 10.3. The minimum atomic E-state index is -0.487. The van der Waals surface area contributed by atoms with Crippen molar-refractivity contribution in [3.8, 4) is 17.2 Å². The van der Waals surface area contributed by atoms with Crippen LogP contribution in [0.4, 0.5) is 0 Å². The molecule has 0 aliphatic carbocycles. The summed E-state index contributed by atoms with van der Waals surface area (Å²) in [6.07, 6.45) is 3.66. The summed E-state index contributed by atoms with van der Waals surface area (Å²) < 4.78 is 5.74. The standard InChI is InChI=1S/C15H14O3/c1-15(2)8-7-11-12(16)9-5-3-4-6-10(9)13(17)14(11)18-15/h3-8,16-17H,1-2H3. The topological polar surface area (TPSA) is 49.7 Å². The fraction of sp³-hybridized carbons (Fsp3) is 0.200. The number of fused-ring (bicyclic) bond motifs is 2. The molecule has 3 nitrogen and oxygen atoms in total. The van der Waals surface area contributed by atoms with Crippen LogP contribution < -0.4 is 4.74 Å². The van der Waals surface area contributed by atoms with Gasteiger partial charge in [0.25, 0.3) is 0 Å². The SMILES string of the molecule is CC1(C)C=Cc2c(c(O)c3ccccc3c2O)O1. The second-order valence-electron chi connectivity index (χ2n) is 5.02. The van der Waals surface area contributed by atoms with Gasteiger partial charge in [-0.15, -0.1) is 0 Å². The van der Waals surface area contributed by atoms with Gasteiger partial charge in [-0.2, -0.15) is 0 Å². The number of hydrogen-bond donors (Lipinski definition) is 2. The molecule has 0 radical (unpaired) electrons. The molecule has 0 atom stereocenters. The van der Waals surface area contributed by atoms with E-state index in [4.69, 9.17) is 4.74 Å². The van der Waals surface area contributed by atoms with Gasteiger partial charge in [-0.1, -0.05) is 24.3 Å². The summed E-state index contributed by atoms with van der Waals surface area (Å²) in [6.45, 7) is 3.80. The highest BCUT2D eigenvalue weighted by molar-refractivity contribution is 5.99. The Labute approximate surface area is 105 Å². The summed E-state index contributed by atoms with van der Waals surface area (Å²) in [5.41, 5.74) is 0.0462. The molecule has 0 amide bonds. The van der Waals surface area contributed by atoms with Gasteiger partial charge in [0.2, 0.25) is 0 Å². The van der Waals surface area contributed by atoms with Crippen LogP contribution in [-0.4, -0.2) is 15.8 Å². The van der Waals surface area contributed by atoms with Crippen molar-refractivity contribution >= 4 is 16.8 Å². The second kappa shape index (κ2) is 3.42. The van der Waals surface area contributed by atoms with Crippen molar-refractivity contribution in [1.29, 1.82) is 0 Å². The Morgan fingerprint density at radius 1 is 1.00 bits per heavy atom. The highest BCUT2D eigenvalue weighted by Gasteiger charge is 2.27. The first-order valence-electron chi connectivity index (χ1n) is 5.84. The number of phenols is 2. The van der Waals surface area contributed by atoms with Crippen LogP contribution in [0.2, 0.25) is 0 Å². The average molecular weight is 242 g/mol. The van der Waals surface area contributed by atoms with E-state index in [0.29, 0.717) is 22.1 Å². The Kier molecular flexibility index (Phi) is 2.08. The highest BCUT2D eigenvalue weighted by atomic mass is 16.5. The first-order chi connectivity index (χ1) is 8.49. The molecule has 3 heteroatoms. The molecule has 0 saturated heterocycles. The third-order valence-electron chi connectivity index (χ3n) is 3.17. The molecule has 18 heavy (non-hydrogen) atoms. The van der Waals surface area contributed by atoms with E-state index in [-0.39, 0.29) is 11.5 Å². The number of rotatable bonds is 0. The molecule has 3 rings (SSSR count). The molecule has 0 fully saturated rings. The Hall–Kier alpha value is -2.16. The van der Waals surface area contributed by atoms with Crippen LogP contribution in [0.15, 0.2) is 30.3 Å². The molecule has 0 unspecified atom stereocenters. The maximum Gasteiger partial charge on any atom is 0.173 e. The highest BCUT2D eigenvalue weighted by Crippen LogP contribution is 2.48. The molecule has 0 saturated carbocycles. The van der Waals surface area contributed by atoms with E-state index >= 15 is 0 Å². The van der Waals surface area contributed by atoms with E-state index in [0.717, 1.165) is 0 Å².